The molecule has 0 bridgehead atoms. The minimum atomic E-state index is 0.401. The minimum absolute atomic E-state index is 0.401. The predicted octanol–water partition coefficient (Wildman–Crippen LogP) is 3.17. The van der Waals surface area contributed by atoms with Crippen LogP contribution in [0.25, 0.3) is 5.52 Å². The number of hydrogen-bond donors (Lipinski definition) is 1. The molecule has 0 aliphatic carbocycles. The maximum Gasteiger partial charge on any atom is 0.152 e. The Labute approximate surface area is 124 Å². The number of hydrogen-bond acceptors (Lipinski definition) is 4. The van der Waals surface area contributed by atoms with Crippen molar-refractivity contribution in [3.05, 3.63) is 53.7 Å². The molecule has 0 fully saturated rings. The largest absolute Gasteiger partial charge is 0.364 e. The van der Waals surface area contributed by atoms with Crippen LogP contribution in [0.5, 0.6) is 0 Å². The molecule has 0 saturated heterocycles. The van der Waals surface area contributed by atoms with Crippen LogP contribution in [0.4, 0.5) is 5.82 Å². The molecule has 0 radical (unpaired) electrons. The van der Waals surface area contributed by atoms with Crippen molar-refractivity contribution in [3.63, 3.8) is 0 Å². The third-order valence-electron chi connectivity index (χ3n) is 3.59. The molecule has 0 unspecified atom stereocenters. The Balaban J connectivity index is 1.88. The van der Waals surface area contributed by atoms with E-state index >= 15 is 0 Å². The molecular formula is C16H19N5. The Morgan fingerprint density at radius 2 is 2.14 bits per heavy atom. The van der Waals surface area contributed by atoms with Gasteiger partial charge in [0.2, 0.25) is 0 Å². The first-order valence-electron chi connectivity index (χ1n) is 7.13. The number of nitrogens with one attached hydrogen (secondary N) is 1. The van der Waals surface area contributed by atoms with Gasteiger partial charge in [-0.15, -0.1) is 0 Å². The number of nitrogens with zero attached hydrogens (tertiary/aromatic N) is 4. The molecule has 5 heteroatoms. The highest BCUT2D eigenvalue weighted by molar-refractivity contribution is 5.68. The molecule has 21 heavy (non-hydrogen) atoms. The second-order valence-electron chi connectivity index (χ2n) is 5.49. The van der Waals surface area contributed by atoms with E-state index in [1.54, 1.807) is 6.20 Å². The summed E-state index contributed by atoms with van der Waals surface area (Å²) in [5.41, 5.74) is 4.47. The maximum absolute atomic E-state index is 4.57. The number of rotatable bonds is 4. The molecule has 0 aliphatic heterocycles. The van der Waals surface area contributed by atoms with E-state index in [0.717, 1.165) is 17.0 Å². The van der Waals surface area contributed by atoms with Gasteiger partial charge >= 0.3 is 0 Å². The highest BCUT2D eigenvalue weighted by Gasteiger charge is 2.09. The van der Waals surface area contributed by atoms with Crippen LogP contribution in [0.3, 0.4) is 0 Å². The molecule has 1 N–H and O–H groups in total. The molecule has 0 amide bonds. The Bertz CT molecular complexity index is 760. The average Bonchev–Trinajstić information content (AvgIpc) is 2.91. The molecule has 3 aromatic heterocycles. The third kappa shape index (κ3) is 2.72. The van der Waals surface area contributed by atoms with Crippen LogP contribution in [0.1, 0.15) is 36.6 Å². The monoisotopic (exact) mass is 281 g/mol. The smallest absolute Gasteiger partial charge is 0.152 e. The van der Waals surface area contributed by atoms with Gasteiger partial charge in [0.25, 0.3) is 0 Å². The zero-order valence-corrected chi connectivity index (χ0v) is 12.5. The summed E-state index contributed by atoms with van der Waals surface area (Å²) in [6.07, 6.45) is 7.34. The molecule has 0 aromatic carbocycles. The second-order valence-corrected chi connectivity index (χ2v) is 5.49. The van der Waals surface area contributed by atoms with Crippen molar-refractivity contribution in [3.8, 4) is 0 Å². The van der Waals surface area contributed by atoms with Crippen molar-refractivity contribution in [2.24, 2.45) is 0 Å². The van der Waals surface area contributed by atoms with Gasteiger partial charge in [-0.05, 0) is 36.1 Å². The fourth-order valence-electron chi connectivity index (χ4n) is 2.22. The van der Waals surface area contributed by atoms with Gasteiger partial charge < -0.3 is 5.32 Å². The molecule has 5 nitrogen and oxygen atoms in total. The zero-order chi connectivity index (χ0) is 14.8. The van der Waals surface area contributed by atoms with Gasteiger partial charge in [-0.1, -0.05) is 13.8 Å². The van der Waals surface area contributed by atoms with Gasteiger partial charge in [-0.25, -0.2) is 9.50 Å². The molecule has 3 heterocycles. The number of aromatic nitrogens is 4. The van der Waals surface area contributed by atoms with Crippen LogP contribution in [0.2, 0.25) is 0 Å². The van der Waals surface area contributed by atoms with Crippen LogP contribution < -0.4 is 5.32 Å². The fraction of sp³-hybridized carbons (Fsp3) is 0.312. The summed E-state index contributed by atoms with van der Waals surface area (Å²) in [4.78, 5) is 8.60. The van der Waals surface area contributed by atoms with Gasteiger partial charge in [0.15, 0.2) is 5.82 Å². The van der Waals surface area contributed by atoms with E-state index in [1.807, 2.05) is 29.2 Å². The predicted molar refractivity (Wildman–Crippen MR) is 83.4 cm³/mol. The van der Waals surface area contributed by atoms with E-state index in [1.165, 1.54) is 11.1 Å². The van der Waals surface area contributed by atoms with Crippen molar-refractivity contribution in [1.82, 2.24) is 19.6 Å². The van der Waals surface area contributed by atoms with E-state index in [0.29, 0.717) is 12.5 Å². The molecule has 3 rings (SSSR count). The summed E-state index contributed by atoms with van der Waals surface area (Å²) in [5, 5.41) is 7.95. The normalized spacial score (nSPS) is 11.2. The first-order valence-corrected chi connectivity index (χ1v) is 7.13. The summed E-state index contributed by atoms with van der Waals surface area (Å²) in [5.74, 6) is 1.25. The summed E-state index contributed by atoms with van der Waals surface area (Å²) in [6, 6.07) is 4.11. The number of pyridine rings is 1. The summed E-state index contributed by atoms with van der Waals surface area (Å²) in [7, 11) is 0. The Hall–Kier alpha value is -2.43. The van der Waals surface area contributed by atoms with Gasteiger partial charge in [-0.2, -0.15) is 5.10 Å². The second kappa shape index (κ2) is 5.52. The van der Waals surface area contributed by atoms with Crippen LogP contribution in [0, 0.1) is 6.92 Å². The topological polar surface area (TPSA) is 55.1 Å². The Morgan fingerprint density at radius 3 is 2.90 bits per heavy atom. The average molecular weight is 281 g/mol. The van der Waals surface area contributed by atoms with Crippen molar-refractivity contribution < 1.29 is 0 Å². The van der Waals surface area contributed by atoms with Gasteiger partial charge in [0.05, 0.1) is 5.69 Å². The van der Waals surface area contributed by atoms with E-state index < -0.39 is 0 Å². The highest BCUT2D eigenvalue weighted by atomic mass is 15.2. The van der Waals surface area contributed by atoms with Crippen molar-refractivity contribution in [2.45, 2.75) is 33.2 Å². The van der Waals surface area contributed by atoms with E-state index in [9.17, 15) is 0 Å². The molecule has 0 aliphatic rings. The SMILES string of the molecule is Cc1ccncc1CNc1nccn2nc(C(C)C)cc12. The lowest BCUT2D eigenvalue weighted by Gasteiger charge is -2.08. The van der Waals surface area contributed by atoms with E-state index in [2.05, 4.69) is 47.2 Å². The standard InChI is InChI=1S/C16H19N5/c1-11(2)14-8-15-16(18-6-7-21(15)20-14)19-10-13-9-17-5-4-12(13)3/h4-9,11H,10H2,1-3H3,(H,18,19). The number of anilines is 1. The first kappa shape index (κ1) is 13.5. The van der Waals surface area contributed by atoms with Gasteiger partial charge in [0, 0.05) is 31.3 Å². The molecule has 0 saturated carbocycles. The maximum atomic E-state index is 4.57. The summed E-state index contributed by atoms with van der Waals surface area (Å²) >= 11 is 0. The molecule has 0 spiro atoms. The van der Waals surface area contributed by atoms with E-state index in [-0.39, 0.29) is 0 Å². The summed E-state index contributed by atoms with van der Waals surface area (Å²) in [6.45, 7) is 7.07. The summed E-state index contributed by atoms with van der Waals surface area (Å²) < 4.78 is 1.88. The van der Waals surface area contributed by atoms with Crippen LogP contribution >= 0.6 is 0 Å². The van der Waals surface area contributed by atoms with Crippen molar-refractivity contribution >= 4 is 11.3 Å². The number of fused-ring (bicyclic) bond motifs is 1. The molecule has 3 aromatic rings. The molecule has 0 atom stereocenters. The van der Waals surface area contributed by atoms with E-state index in [4.69, 9.17) is 0 Å². The number of aryl methyl sites for hydroxylation is 1. The van der Waals surface area contributed by atoms with Gasteiger partial charge in [0.1, 0.15) is 5.52 Å². The highest BCUT2D eigenvalue weighted by Crippen LogP contribution is 2.20. The third-order valence-corrected chi connectivity index (χ3v) is 3.59. The fourth-order valence-corrected chi connectivity index (χ4v) is 2.22. The molecular weight excluding hydrogens is 262 g/mol. The lowest BCUT2D eigenvalue weighted by Crippen LogP contribution is -2.05. The van der Waals surface area contributed by atoms with Crippen LogP contribution in [-0.4, -0.2) is 19.6 Å². The van der Waals surface area contributed by atoms with Crippen LogP contribution in [0.15, 0.2) is 36.9 Å². The van der Waals surface area contributed by atoms with Crippen LogP contribution in [-0.2, 0) is 6.54 Å². The van der Waals surface area contributed by atoms with Crippen molar-refractivity contribution in [1.29, 1.82) is 0 Å². The zero-order valence-electron chi connectivity index (χ0n) is 12.5. The van der Waals surface area contributed by atoms with Crippen molar-refractivity contribution in [2.75, 3.05) is 5.32 Å². The molecule has 108 valence electrons. The first-order chi connectivity index (χ1) is 10.1. The Kier molecular flexibility index (Phi) is 3.56. The Morgan fingerprint density at radius 1 is 1.29 bits per heavy atom. The minimum Gasteiger partial charge on any atom is -0.364 e. The lowest BCUT2D eigenvalue weighted by molar-refractivity contribution is 0.787. The van der Waals surface area contributed by atoms with Gasteiger partial charge in [-0.3, -0.25) is 4.98 Å². The lowest BCUT2D eigenvalue weighted by atomic mass is 10.1. The quantitative estimate of drug-likeness (QED) is 0.798.